The smallest absolute Gasteiger partial charge is 0.408 e. The Morgan fingerprint density at radius 3 is 2.50 bits per heavy atom. The molecule has 0 bridgehead atoms. The number of para-hydroxylation sites is 1. The van der Waals surface area contributed by atoms with Gasteiger partial charge in [-0.1, -0.05) is 55.5 Å². The number of carbonyl (C=O) groups is 1. The molecule has 0 aliphatic carbocycles. The molecule has 1 N–H and O–H groups in total. The lowest BCUT2D eigenvalue weighted by Gasteiger charge is -2.10. The molecule has 2 aromatic carbocycles. The Labute approximate surface area is 118 Å². The fourth-order valence-corrected chi connectivity index (χ4v) is 1.74. The van der Waals surface area contributed by atoms with Crippen LogP contribution in [0.4, 0.5) is 4.79 Å². The van der Waals surface area contributed by atoms with Gasteiger partial charge in [0.2, 0.25) is 0 Å². The van der Waals surface area contributed by atoms with Gasteiger partial charge in [-0.2, -0.15) is 5.48 Å². The van der Waals surface area contributed by atoms with Gasteiger partial charge in [0.1, 0.15) is 5.75 Å². The summed E-state index contributed by atoms with van der Waals surface area (Å²) in [6.07, 6.45) is 0.197. The molecule has 0 saturated carbocycles. The number of carbonyl (C=O) groups excluding carboxylic acids is 1. The highest BCUT2D eigenvalue weighted by Crippen LogP contribution is 2.29. The summed E-state index contributed by atoms with van der Waals surface area (Å²) >= 11 is 0. The van der Waals surface area contributed by atoms with E-state index < -0.39 is 6.09 Å². The normalized spacial score (nSPS) is 10.1. The van der Waals surface area contributed by atoms with Crippen LogP contribution in [0.3, 0.4) is 0 Å². The van der Waals surface area contributed by atoms with Gasteiger partial charge in [-0.3, -0.25) is 4.84 Å². The first-order valence-corrected chi connectivity index (χ1v) is 6.55. The summed E-state index contributed by atoms with van der Waals surface area (Å²) in [5, 5.41) is 0. The van der Waals surface area contributed by atoms with Gasteiger partial charge in [-0.05, 0) is 18.1 Å². The third-order valence-electron chi connectivity index (χ3n) is 2.64. The molecule has 20 heavy (non-hydrogen) atoms. The highest BCUT2D eigenvalue weighted by atomic mass is 16.7. The van der Waals surface area contributed by atoms with Gasteiger partial charge in [-0.25, -0.2) is 4.79 Å². The zero-order valence-electron chi connectivity index (χ0n) is 11.3. The van der Waals surface area contributed by atoms with Crippen LogP contribution in [0.25, 0.3) is 11.1 Å². The first kappa shape index (κ1) is 14.1. The Bertz CT molecular complexity index is 555. The first-order chi connectivity index (χ1) is 9.81. The maximum Gasteiger partial charge on any atom is 0.436 e. The van der Waals surface area contributed by atoms with E-state index in [0.29, 0.717) is 12.4 Å². The fourth-order valence-electron chi connectivity index (χ4n) is 1.74. The maximum atomic E-state index is 11.6. The van der Waals surface area contributed by atoms with Crippen LogP contribution < -0.4 is 10.2 Å². The molecule has 4 nitrogen and oxygen atoms in total. The van der Waals surface area contributed by atoms with Crippen molar-refractivity contribution in [1.82, 2.24) is 5.48 Å². The van der Waals surface area contributed by atoms with Gasteiger partial charge >= 0.3 is 6.09 Å². The van der Waals surface area contributed by atoms with Crippen molar-refractivity contribution in [3.05, 3.63) is 54.6 Å². The van der Waals surface area contributed by atoms with E-state index >= 15 is 0 Å². The van der Waals surface area contributed by atoms with Crippen LogP contribution in [-0.2, 0) is 4.84 Å². The molecule has 0 atom stereocenters. The molecule has 2 aromatic rings. The van der Waals surface area contributed by atoms with Crippen LogP contribution in [0.1, 0.15) is 13.3 Å². The van der Waals surface area contributed by atoms with Gasteiger partial charge in [0, 0.05) is 5.56 Å². The first-order valence-electron chi connectivity index (χ1n) is 6.55. The Balaban J connectivity index is 2.11. The summed E-state index contributed by atoms with van der Waals surface area (Å²) in [5.74, 6) is 0.497. The number of rotatable bonds is 5. The van der Waals surface area contributed by atoms with Crippen molar-refractivity contribution in [2.75, 3.05) is 6.61 Å². The average Bonchev–Trinajstić information content (AvgIpc) is 2.49. The molecule has 1 amide bonds. The molecule has 2 rings (SSSR count). The summed E-state index contributed by atoms with van der Waals surface area (Å²) in [7, 11) is 0. The van der Waals surface area contributed by atoms with E-state index in [1.165, 1.54) is 0 Å². The molecule has 0 aromatic heterocycles. The van der Waals surface area contributed by atoms with E-state index in [1.807, 2.05) is 55.5 Å². The molecular formula is C16H17NO3. The highest BCUT2D eigenvalue weighted by Gasteiger charge is 2.09. The number of ether oxygens (including phenoxy) is 1. The van der Waals surface area contributed by atoms with Gasteiger partial charge in [0.15, 0.2) is 0 Å². The molecule has 4 heteroatoms. The molecule has 0 aliphatic heterocycles. The number of hydrogen-bond donors (Lipinski definition) is 1. The predicted octanol–water partition coefficient (Wildman–Crippen LogP) is 3.78. The van der Waals surface area contributed by atoms with Crippen molar-refractivity contribution >= 4 is 6.09 Å². The van der Waals surface area contributed by atoms with E-state index in [0.717, 1.165) is 17.5 Å². The summed E-state index contributed by atoms with van der Waals surface area (Å²) in [6.45, 7) is 2.41. The van der Waals surface area contributed by atoms with Crippen LogP contribution in [0.2, 0.25) is 0 Å². The van der Waals surface area contributed by atoms with Crippen LogP contribution in [-0.4, -0.2) is 12.7 Å². The third kappa shape index (κ3) is 3.83. The van der Waals surface area contributed by atoms with Gasteiger partial charge < -0.3 is 4.74 Å². The number of nitrogens with one attached hydrogen (secondary N) is 1. The van der Waals surface area contributed by atoms with Gasteiger partial charge in [-0.15, -0.1) is 0 Å². The highest BCUT2D eigenvalue weighted by molar-refractivity contribution is 5.76. The Morgan fingerprint density at radius 1 is 1.05 bits per heavy atom. The van der Waals surface area contributed by atoms with Crippen molar-refractivity contribution < 1.29 is 14.4 Å². The van der Waals surface area contributed by atoms with Gasteiger partial charge in [0.25, 0.3) is 0 Å². The fraction of sp³-hybridized carbons (Fsp3) is 0.188. The Kier molecular flexibility index (Phi) is 5.15. The van der Waals surface area contributed by atoms with Crippen molar-refractivity contribution in [1.29, 1.82) is 0 Å². The standard InChI is InChI=1S/C16H17NO3/c1-2-12-19-17-16(18)20-15-11-7-6-10-14(15)13-8-4-3-5-9-13/h3-11H,2,12H2,1H3,(H,17,18). The minimum absolute atomic E-state index is 0.454. The van der Waals surface area contributed by atoms with Crippen molar-refractivity contribution in [3.8, 4) is 16.9 Å². The average molecular weight is 271 g/mol. The third-order valence-corrected chi connectivity index (χ3v) is 2.64. The van der Waals surface area contributed by atoms with Gasteiger partial charge in [0.05, 0.1) is 6.61 Å². The second-order valence-corrected chi connectivity index (χ2v) is 4.20. The lowest BCUT2D eigenvalue weighted by atomic mass is 10.1. The second-order valence-electron chi connectivity index (χ2n) is 4.20. The SMILES string of the molecule is CCCONC(=O)Oc1ccccc1-c1ccccc1. The van der Waals surface area contributed by atoms with E-state index in [9.17, 15) is 4.79 Å². The second kappa shape index (κ2) is 7.31. The molecule has 0 saturated heterocycles. The lowest BCUT2D eigenvalue weighted by molar-refractivity contribution is 0.0458. The molecule has 0 aliphatic rings. The van der Waals surface area contributed by atoms with E-state index in [2.05, 4.69) is 5.48 Å². The van der Waals surface area contributed by atoms with E-state index in [4.69, 9.17) is 9.57 Å². The van der Waals surface area contributed by atoms with Crippen molar-refractivity contribution in [2.45, 2.75) is 13.3 Å². The van der Waals surface area contributed by atoms with Crippen molar-refractivity contribution in [2.24, 2.45) is 0 Å². The zero-order chi connectivity index (χ0) is 14.2. The predicted molar refractivity (Wildman–Crippen MR) is 77.3 cm³/mol. The van der Waals surface area contributed by atoms with Crippen LogP contribution >= 0.6 is 0 Å². The van der Waals surface area contributed by atoms with Crippen LogP contribution in [0, 0.1) is 0 Å². The molecule has 0 spiro atoms. The number of benzene rings is 2. The zero-order valence-corrected chi connectivity index (χ0v) is 11.3. The van der Waals surface area contributed by atoms with E-state index in [-0.39, 0.29) is 0 Å². The minimum atomic E-state index is -0.623. The minimum Gasteiger partial charge on any atom is -0.408 e. The monoisotopic (exact) mass is 271 g/mol. The van der Waals surface area contributed by atoms with Crippen LogP contribution in [0.5, 0.6) is 5.75 Å². The largest absolute Gasteiger partial charge is 0.436 e. The summed E-state index contributed by atoms with van der Waals surface area (Å²) < 4.78 is 5.27. The van der Waals surface area contributed by atoms with Crippen LogP contribution in [0.15, 0.2) is 54.6 Å². The lowest BCUT2D eigenvalue weighted by Crippen LogP contribution is -2.27. The van der Waals surface area contributed by atoms with Crippen molar-refractivity contribution in [3.63, 3.8) is 0 Å². The number of hydroxylamine groups is 1. The number of hydrogen-bond acceptors (Lipinski definition) is 3. The molecule has 0 fully saturated rings. The molecule has 104 valence electrons. The topological polar surface area (TPSA) is 47.6 Å². The summed E-state index contributed by atoms with van der Waals surface area (Å²) in [5.41, 5.74) is 4.10. The molecular weight excluding hydrogens is 254 g/mol. The molecule has 0 unspecified atom stereocenters. The Hall–Kier alpha value is -2.33. The number of amides is 1. The molecule has 0 heterocycles. The quantitative estimate of drug-likeness (QED) is 0.665. The Morgan fingerprint density at radius 2 is 1.75 bits per heavy atom. The summed E-state index contributed by atoms with van der Waals surface area (Å²) in [6, 6.07) is 17.1. The maximum absolute atomic E-state index is 11.6. The summed E-state index contributed by atoms with van der Waals surface area (Å²) in [4.78, 5) is 16.6. The van der Waals surface area contributed by atoms with E-state index in [1.54, 1.807) is 6.07 Å². The molecule has 0 radical (unpaired) electrons.